The van der Waals surface area contributed by atoms with Crippen molar-refractivity contribution >= 4 is 32.2 Å². The van der Waals surface area contributed by atoms with Crippen LogP contribution < -0.4 is 0 Å². The summed E-state index contributed by atoms with van der Waals surface area (Å²) in [4.78, 5) is 5.23. The van der Waals surface area contributed by atoms with Gasteiger partial charge in [0.2, 0.25) is 0 Å². The fourth-order valence-electron chi connectivity index (χ4n) is 1.73. The van der Waals surface area contributed by atoms with Crippen LogP contribution in [0.25, 0.3) is 16.2 Å². The van der Waals surface area contributed by atoms with Crippen LogP contribution >= 0.6 is 27.3 Å². The lowest BCUT2D eigenvalue weighted by Crippen LogP contribution is -1.84. The standard InChI is InChI=1S/C12H9BrN2OS/c13-9-3-1-8(2-4-9)11-7-17-12-14-10(6-16)5-15(11)12/h1-5,7,16H,6H2. The number of benzene rings is 1. The molecule has 0 fully saturated rings. The Morgan fingerprint density at radius 3 is 2.76 bits per heavy atom. The van der Waals surface area contributed by atoms with E-state index in [0.29, 0.717) is 5.69 Å². The van der Waals surface area contributed by atoms with Crippen molar-refractivity contribution in [3.63, 3.8) is 0 Å². The number of hydrogen-bond donors (Lipinski definition) is 1. The van der Waals surface area contributed by atoms with E-state index in [1.807, 2.05) is 22.7 Å². The molecule has 0 aliphatic carbocycles. The molecule has 0 amide bonds. The largest absolute Gasteiger partial charge is 0.390 e. The van der Waals surface area contributed by atoms with Crippen LogP contribution in [0.2, 0.25) is 0 Å². The first-order chi connectivity index (χ1) is 8.28. The van der Waals surface area contributed by atoms with E-state index in [9.17, 15) is 0 Å². The zero-order valence-electron chi connectivity index (χ0n) is 8.80. The molecule has 0 saturated heterocycles. The normalized spacial score (nSPS) is 11.2. The summed E-state index contributed by atoms with van der Waals surface area (Å²) in [6.45, 7) is -0.0197. The van der Waals surface area contributed by atoms with Crippen LogP contribution in [0.4, 0.5) is 0 Å². The molecule has 0 bridgehead atoms. The number of nitrogens with zero attached hydrogens (tertiary/aromatic N) is 2. The maximum absolute atomic E-state index is 9.08. The fraction of sp³-hybridized carbons (Fsp3) is 0.0833. The summed E-state index contributed by atoms with van der Waals surface area (Å²) < 4.78 is 3.08. The highest BCUT2D eigenvalue weighted by atomic mass is 79.9. The lowest BCUT2D eigenvalue weighted by molar-refractivity contribution is 0.277. The molecular weight excluding hydrogens is 300 g/mol. The average molecular weight is 309 g/mol. The molecular formula is C12H9BrN2OS. The van der Waals surface area contributed by atoms with Crippen LogP contribution in [0.5, 0.6) is 0 Å². The predicted molar refractivity (Wildman–Crippen MR) is 72.1 cm³/mol. The van der Waals surface area contributed by atoms with E-state index in [1.54, 1.807) is 11.3 Å². The van der Waals surface area contributed by atoms with Gasteiger partial charge in [-0.3, -0.25) is 4.40 Å². The Morgan fingerprint density at radius 2 is 2.06 bits per heavy atom. The topological polar surface area (TPSA) is 37.5 Å². The van der Waals surface area contributed by atoms with Crippen LogP contribution in [-0.4, -0.2) is 14.5 Å². The number of aliphatic hydroxyl groups is 1. The molecule has 1 aromatic carbocycles. The van der Waals surface area contributed by atoms with Crippen LogP contribution in [-0.2, 0) is 6.61 Å². The highest BCUT2D eigenvalue weighted by molar-refractivity contribution is 9.10. The summed E-state index contributed by atoms with van der Waals surface area (Å²) in [6, 6.07) is 8.15. The van der Waals surface area contributed by atoms with Crippen molar-refractivity contribution in [1.82, 2.24) is 9.38 Å². The van der Waals surface area contributed by atoms with Gasteiger partial charge in [0.15, 0.2) is 4.96 Å². The summed E-state index contributed by atoms with van der Waals surface area (Å²) >= 11 is 5.00. The average Bonchev–Trinajstić information content (AvgIpc) is 2.89. The molecule has 1 N–H and O–H groups in total. The van der Waals surface area contributed by atoms with Gasteiger partial charge in [-0.15, -0.1) is 11.3 Å². The quantitative estimate of drug-likeness (QED) is 0.788. The van der Waals surface area contributed by atoms with Gasteiger partial charge in [-0.2, -0.15) is 0 Å². The zero-order valence-corrected chi connectivity index (χ0v) is 11.2. The number of aliphatic hydroxyl groups excluding tert-OH is 1. The van der Waals surface area contributed by atoms with Gasteiger partial charge in [0.1, 0.15) is 0 Å². The molecule has 86 valence electrons. The Hall–Kier alpha value is -1.17. The Bertz CT molecular complexity index is 657. The van der Waals surface area contributed by atoms with Crippen molar-refractivity contribution in [3.05, 3.63) is 46.0 Å². The molecule has 0 aliphatic rings. The predicted octanol–water partition coefficient (Wildman–Crippen LogP) is 3.32. The first-order valence-electron chi connectivity index (χ1n) is 5.10. The van der Waals surface area contributed by atoms with Gasteiger partial charge < -0.3 is 5.11 Å². The molecule has 0 aliphatic heterocycles. The minimum absolute atomic E-state index is 0.0197. The number of halogens is 1. The minimum Gasteiger partial charge on any atom is -0.390 e. The number of imidazole rings is 1. The van der Waals surface area contributed by atoms with Crippen LogP contribution in [0.15, 0.2) is 40.3 Å². The summed E-state index contributed by atoms with van der Waals surface area (Å²) in [6.07, 6.45) is 1.88. The first kappa shape index (κ1) is 11.0. The maximum Gasteiger partial charge on any atom is 0.194 e. The molecule has 3 rings (SSSR count). The van der Waals surface area contributed by atoms with Crippen molar-refractivity contribution < 1.29 is 5.11 Å². The van der Waals surface area contributed by atoms with Crippen molar-refractivity contribution in [2.75, 3.05) is 0 Å². The number of rotatable bonds is 2. The third kappa shape index (κ3) is 1.90. The van der Waals surface area contributed by atoms with E-state index in [4.69, 9.17) is 5.11 Å². The van der Waals surface area contributed by atoms with Gasteiger partial charge in [0, 0.05) is 16.0 Å². The number of aromatic nitrogens is 2. The Kier molecular flexibility index (Phi) is 2.74. The van der Waals surface area contributed by atoms with Gasteiger partial charge in [-0.25, -0.2) is 4.98 Å². The van der Waals surface area contributed by atoms with Crippen LogP contribution in [0, 0.1) is 0 Å². The Morgan fingerprint density at radius 1 is 1.29 bits per heavy atom. The van der Waals surface area contributed by atoms with Gasteiger partial charge in [0.25, 0.3) is 0 Å². The monoisotopic (exact) mass is 308 g/mol. The Balaban J connectivity index is 2.16. The van der Waals surface area contributed by atoms with E-state index in [2.05, 4.69) is 38.4 Å². The molecule has 2 heterocycles. The molecule has 17 heavy (non-hydrogen) atoms. The maximum atomic E-state index is 9.08. The molecule has 3 aromatic rings. The minimum atomic E-state index is -0.0197. The highest BCUT2D eigenvalue weighted by Gasteiger charge is 2.08. The summed E-state index contributed by atoms with van der Waals surface area (Å²) in [7, 11) is 0. The van der Waals surface area contributed by atoms with Crippen molar-refractivity contribution in [3.8, 4) is 11.3 Å². The van der Waals surface area contributed by atoms with Gasteiger partial charge in [0.05, 0.1) is 18.0 Å². The van der Waals surface area contributed by atoms with Crippen molar-refractivity contribution in [1.29, 1.82) is 0 Å². The number of hydrogen-bond acceptors (Lipinski definition) is 3. The zero-order chi connectivity index (χ0) is 11.8. The van der Waals surface area contributed by atoms with Gasteiger partial charge >= 0.3 is 0 Å². The lowest BCUT2D eigenvalue weighted by Gasteiger charge is -1.99. The summed E-state index contributed by atoms with van der Waals surface area (Å²) in [5.74, 6) is 0. The van der Waals surface area contributed by atoms with E-state index in [0.717, 1.165) is 20.7 Å². The second-order valence-corrected chi connectivity index (χ2v) is 5.42. The highest BCUT2D eigenvalue weighted by Crippen LogP contribution is 2.27. The molecule has 0 unspecified atom stereocenters. The molecule has 0 radical (unpaired) electrons. The van der Waals surface area contributed by atoms with E-state index >= 15 is 0 Å². The smallest absolute Gasteiger partial charge is 0.194 e. The number of thiazole rings is 1. The van der Waals surface area contributed by atoms with Crippen molar-refractivity contribution in [2.24, 2.45) is 0 Å². The summed E-state index contributed by atoms with van der Waals surface area (Å²) in [5.41, 5.74) is 2.95. The molecule has 5 heteroatoms. The second kappa shape index (κ2) is 4.25. The second-order valence-electron chi connectivity index (χ2n) is 3.67. The first-order valence-corrected chi connectivity index (χ1v) is 6.77. The van der Waals surface area contributed by atoms with E-state index in [1.165, 1.54) is 0 Å². The third-order valence-corrected chi connectivity index (χ3v) is 3.93. The van der Waals surface area contributed by atoms with E-state index in [-0.39, 0.29) is 6.61 Å². The van der Waals surface area contributed by atoms with E-state index < -0.39 is 0 Å². The number of fused-ring (bicyclic) bond motifs is 1. The molecule has 0 spiro atoms. The Labute approximate surface area is 110 Å². The van der Waals surface area contributed by atoms with Crippen molar-refractivity contribution in [2.45, 2.75) is 6.61 Å². The lowest BCUT2D eigenvalue weighted by atomic mass is 10.2. The van der Waals surface area contributed by atoms with Crippen LogP contribution in [0.1, 0.15) is 5.69 Å². The third-order valence-electron chi connectivity index (χ3n) is 2.56. The fourth-order valence-corrected chi connectivity index (χ4v) is 2.90. The molecule has 3 nitrogen and oxygen atoms in total. The molecule has 0 atom stereocenters. The summed E-state index contributed by atoms with van der Waals surface area (Å²) in [5, 5.41) is 11.2. The molecule has 0 saturated carbocycles. The molecule has 2 aromatic heterocycles. The van der Waals surface area contributed by atoms with Gasteiger partial charge in [-0.1, -0.05) is 28.1 Å². The van der Waals surface area contributed by atoms with Crippen LogP contribution in [0.3, 0.4) is 0 Å². The van der Waals surface area contributed by atoms with Gasteiger partial charge in [-0.05, 0) is 17.7 Å². The SMILES string of the molecule is OCc1cn2c(-c3ccc(Br)cc3)csc2n1.